The van der Waals surface area contributed by atoms with Gasteiger partial charge in [0.2, 0.25) is 0 Å². The zero-order chi connectivity index (χ0) is 26.9. The second kappa shape index (κ2) is 12.5. The van der Waals surface area contributed by atoms with E-state index >= 15 is 0 Å². The molecule has 0 aliphatic carbocycles. The molecule has 3 rings (SSSR count). The fourth-order valence-electron chi connectivity index (χ4n) is 3.23. The molecule has 0 saturated heterocycles. The van der Waals surface area contributed by atoms with Crippen molar-refractivity contribution in [2.75, 3.05) is 11.9 Å². The molecule has 3 aromatic carbocycles. The summed E-state index contributed by atoms with van der Waals surface area (Å²) in [6.45, 7) is 2.18. The van der Waals surface area contributed by atoms with Crippen LogP contribution in [0.15, 0.2) is 66.2 Å². The molecule has 37 heavy (non-hydrogen) atoms. The van der Waals surface area contributed by atoms with Gasteiger partial charge in [0, 0.05) is 17.8 Å². The van der Waals surface area contributed by atoms with Gasteiger partial charge in [0.15, 0.2) is 11.5 Å². The average Bonchev–Trinajstić information content (AvgIpc) is 2.87. The quantitative estimate of drug-likeness (QED) is 0.101. The molecule has 188 valence electrons. The van der Waals surface area contributed by atoms with Crippen LogP contribution in [0.5, 0.6) is 11.5 Å². The van der Waals surface area contributed by atoms with Crippen molar-refractivity contribution in [2.24, 2.45) is 0 Å². The number of ether oxygens (including phenoxy) is 2. The lowest BCUT2D eigenvalue weighted by Gasteiger charge is -2.15. The molecule has 10 nitrogen and oxygen atoms in total. The number of non-ortho nitro benzene ring substituents is 1. The molecule has 2 N–H and O–H groups in total. The Morgan fingerprint density at radius 2 is 1.92 bits per heavy atom. The van der Waals surface area contributed by atoms with E-state index < -0.39 is 16.8 Å². The molecule has 11 heteroatoms. The van der Waals surface area contributed by atoms with Crippen molar-refractivity contribution in [3.8, 4) is 17.6 Å². The van der Waals surface area contributed by atoms with Gasteiger partial charge in [0.25, 0.3) is 11.6 Å². The Hall–Kier alpha value is -4.44. The van der Waals surface area contributed by atoms with Crippen LogP contribution in [-0.4, -0.2) is 28.5 Å². The number of benzene rings is 3. The van der Waals surface area contributed by atoms with Crippen LogP contribution >= 0.6 is 22.6 Å². The Balaban J connectivity index is 1.85. The summed E-state index contributed by atoms with van der Waals surface area (Å²) in [5, 5.41) is 32.2. The number of carboxylic acids is 1. The van der Waals surface area contributed by atoms with E-state index in [0.29, 0.717) is 32.8 Å². The highest BCUT2D eigenvalue weighted by molar-refractivity contribution is 14.1. The number of hydrogen-bond donors (Lipinski definition) is 2. The number of anilines is 1. The SMILES string of the molecule is CCOc1cc(/C=C(/C#N)C(=O)Nc2cccc(C(=O)O)c2)cc(I)c1OCc1cccc([N+](=O)[O-])c1. The maximum Gasteiger partial charge on any atom is 0.335 e. The number of nitrogens with zero attached hydrogens (tertiary/aromatic N) is 2. The lowest BCUT2D eigenvalue weighted by atomic mass is 10.1. The first kappa shape index (κ1) is 27.2. The van der Waals surface area contributed by atoms with Crippen molar-refractivity contribution >= 4 is 51.9 Å². The number of nitro benzene ring substituents is 1. The smallest absolute Gasteiger partial charge is 0.335 e. The van der Waals surface area contributed by atoms with Gasteiger partial charge >= 0.3 is 5.97 Å². The Bertz CT molecular complexity index is 1430. The fraction of sp³-hybridized carbons (Fsp3) is 0.115. The predicted octanol–water partition coefficient (Wildman–Crippen LogP) is 5.42. The van der Waals surface area contributed by atoms with Crippen molar-refractivity contribution in [1.29, 1.82) is 5.26 Å². The van der Waals surface area contributed by atoms with Gasteiger partial charge in [-0.2, -0.15) is 5.26 Å². The molecule has 0 spiro atoms. The van der Waals surface area contributed by atoms with E-state index in [4.69, 9.17) is 14.6 Å². The van der Waals surface area contributed by atoms with Gasteiger partial charge in [-0.1, -0.05) is 18.2 Å². The minimum absolute atomic E-state index is 0.00288. The van der Waals surface area contributed by atoms with Crippen LogP contribution in [0.2, 0.25) is 0 Å². The first-order chi connectivity index (χ1) is 17.7. The third kappa shape index (κ3) is 7.28. The van der Waals surface area contributed by atoms with E-state index in [9.17, 15) is 25.0 Å². The number of halogens is 1. The zero-order valence-corrected chi connectivity index (χ0v) is 21.6. The van der Waals surface area contributed by atoms with Gasteiger partial charge < -0.3 is 19.9 Å². The molecule has 1 amide bonds. The fourth-order valence-corrected chi connectivity index (χ4v) is 4.01. The predicted molar refractivity (Wildman–Crippen MR) is 143 cm³/mol. The van der Waals surface area contributed by atoms with E-state index in [1.807, 2.05) is 28.7 Å². The van der Waals surface area contributed by atoms with Gasteiger partial charge in [-0.25, -0.2) is 4.79 Å². The molecule has 0 radical (unpaired) electrons. The Morgan fingerprint density at radius 1 is 1.16 bits per heavy atom. The minimum atomic E-state index is -1.14. The standard InChI is InChI=1S/C26H20IN3O7/c1-2-36-23-12-17(9-19(14-28)25(31)29-20-7-4-6-18(13-20)26(32)33)11-22(27)24(23)37-15-16-5-3-8-21(10-16)30(34)35/h3-13H,2,15H2,1H3,(H,29,31)(H,32,33)/b19-9-. The number of rotatable bonds is 10. The highest BCUT2D eigenvalue weighted by Gasteiger charge is 2.16. The highest BCUT2D eigenvalue weighted by Crippen LogP contribution is 2.35. The number of carboxylic acid groups (broad SMARTS) is 1. The van der Waals surface area contributed by atoms with Crippen LogP contribution in [0.25, 0.3) is 6.08 Å². The molecule has 0 aliphatic heterocycles. The minimum Gasteiger partial charge on any atom is -0.490 e. The molecule has 0 aliphatic rings. The number of amides is 1. The summed E-state index contributed by atoms with van der Waals surface area (Å²) in [5.41, 5.74) is 1.09. The molecular weight excluding hydrogens is 593 g/mol. The Kier molecular flexibility index (Phi) is 9.17. The van der Waals surface area contributed by atoms with Crippen molar-refractivity contribution in [3.05, 3.63) is 96.6 Å². The molecule has 3 aromatic rings. The summed E-state index contributed by atoms with van der Waals surface area (Å²) in [6, 6.07) is 17.0. The second-order valence-electron chi connectivity index (χ2n) is 7.49. The number of aromatic carboxylic acids is 1. The lowest BCUT2D eigenvalue weighted by molar-refractivity contribution is -0.384. The van der Waals surface area contributed by atoms with E-state index in [0.717, 1.165) is 0 Å². The van der Waals surface area contributed by atoms with Crippen LogP contribution in [0, 0.1) is 25.0 Å². The number of carbonyl (C=O) groups is 2. The molecule has 0 saturated carbocycles. The Morgan fingerprint density at radius 3 is 2.59 bits per heavy atom. The summed E-state index contributed by atoms with van der Waals surface area (Å²) < 4.78 is 12.3. The molecule has 0 aromatic heterocycles. The molecule has 0 atom stereocenters. The molecule has 0 unspecified atom stereocenters. The summed E-state index contributed by atoms with van der Waals surface area (Å²) in [6.07, 6.45) is 1.38. The molecule has 0 heterocycles. The van der Waals surface area contributed by atoms with Gasteiger partial charge in [0.05, 0.1) is 20.7 Å². The third-order valence-corrected chi connectivity index (χ3v) is 5.68. The largest absolute Gasteiger partial charge is 0.490 e. The number of nitrogens with one attached hydrogen (secondary N) is 1. The summed E-state index contributed by atoms with van der Waals surface area (Å²) in [4.78, 5) is 34.4. The normalized spacial score (nSPS) is 10.8. The van der Waals surface area contributed by atoms with Crippen LogP contribution in [0.4, 0.5) is 11.4 Å². The zero-order valence-electron chi connectivity index (χ0n) is 19.4. The maximum absolute atomic E-state index is 12.7. The van der Waals surface area contributed by atoms with Crippen molar-refractivity contribution in [1.82, 2.24) is 0 Å². The average molecular weight is 613 g/mol. The van der Waals surface area contributed by atoms with E-state index in [-0.39, 0.29) is 29.1 Å². The number of nitriles is 1. The van der Waals surface area contributed by atoms with Gasteiger partial charge in [-0.3, -0.25) is 14.9 Å². The Labute approximate surface area is 225 Å². The first-order valence-electron chi connectivity index (χ1n) is 10.8. The van der Waals surface area contributed by atoms with E-state index in [2.05, 4.69) is 5.32 Å². The summed E-state index contributed by atoms with van der Waals surface area (Å²) >= 11 is 2.03. The summed E-state index contributed by atoms with van der Waals surface area (Å²) in [5.74, 6) is -1.06. The van der Waals surface area contributed by atoms with Gasteiger partial charge in [-0.05, 0) is 77.0 Å². The van der Waals surface area contributed by atoms with Crippen LogP contribution in [0.3, 0.4) is 0 Å². The molecular formula is C26H20IN3O7. The summed E-state index contributed by atoms with van der Waals surface area (Å²) in [7, 11) is 0. The van der Waals surface area contributed by atoms with Crippen LogP contribution in [-0.2, 0) is 11.4 Å². The van der Waals surface area contributed by atoms with Crippen molar-refractivity contribution < 1.29 is 29.1 Å². The maximum atomic E-state index is 12.7. The first-order valence-corrected chi connectivity index (χ1v) is 11.9. The topological polar surface area (TPSA) is 152 Å². The third-order valence-electron chi connectivity index (χ3n) is 4.88. The number of nitro groups is 1. The number of hydrogen-bond acceptors (Lipinski definition) is 7. The van der Waals surface area contributed by atoms with Crippen LogP contribution < -0.4 is 14.8 Å². The van der Waals surface area contributed by atoms with E-state index in [1.165, 1.54) is 42.5 Å². The molecule has 0 fully saturated rings. The highest BCUT2D eigenvalue weighted by atomic mass is 127. The van der Waals surface area contributed by atoms with Crippen molar-refractivity contribution in [2.45, 2.75) is 13.5 Å². The van der Waals surface area contributed by atoms with Gasteiger partial charge in [0.1, 0.15) is 18.2 Å². The van der Waals surface area contributed by atoms with Crippen LogP contribution in [0.1, 0.15) is 28.4 Å². The van der Waals surface area contributed by atoms with Crippen molar-refractivity contribution in [3.63, 3.8) is 0 Å². The van der Waals surface area contributed by atoms with Gasteiger partial charge in [-0.15, -0.1) is 0 Å². The molecule has 0 bridgehead atoms. The van der Waals surface area contributed by atoms with E-state index in [1.54, 1.807) is 31.2 Å². The second-order valence-corrected chi connectivity index (χ2v) is 8.65. The monoisotopic (exact) mass is 613 g/mol. The lowest BCUT2D eigenvalue weighted by Crippen LogP contribution is -2.14. The number of carbonyl (C=O) groups excluding carboxylic acids is 1.